The lowest BCUT2D eigenvalue weighted by molar-refractivity contribution is 0.559. The van der Waals surface area contributed by atoms with Crippen LogP contribution in [0.1, 0.15) is 16.8 Å². The molecule has 3 aromatic rings. The Morgan fingerprint density at radius 1 is 1.18 bits per heavy atom. The summed E-state index contributed by atoms with van der Waals surface area (Å²) in [6.07, 6.45) is 0. The molecule has 0 atom stereocenters. The number of benzene rings is 1. The van der Waals surface area contributed by atoms with Gasteiger partial charge in [-0.05, 0) is 37.6 Å². The van der Waals surface area contributed by atoms with E-state index in [0.717, 1.165) is 22.0 Å². The molecule has 112 valence electrons. The van der Waals surface area contributed by atoms with Crippen molar-refractivity contribution < 1.29 is 4.42 Å². The maximum absolute atomic E-state index is 12.1. The number of aromatic nitrogens is 1. The van der Waals surface area contributed by atoms with Crippen LogP contribution in [0.5, 0.6) is 0 Å². The number of aromatic amines is 1. The second-order valence-corrected chi connectivity index (χ2v) is 11.5. The highest BCUT2D eigenvalue weighted by Gasteiger charge is 2.13. The molecule has 0 aliphatic rings. The van der Waals surface area contributed by atoms with Crippen LogP contribution in [0.2, 0.25) is 19.6 Å². The summed E-state index contributed by atoms with van der Waals surface area (Å²) in [7, 11) is -1.54. The van der Waals surface area contributed by atoms with Crippen LogP contribution in [0.3, 0.4) is 0 Å². The van der Waals surface area contributed by atoms with Crippen LogP contribution in [0.4, 0.5) is 0 Å². The monoisotopic (exact) mass is 309 g/mol. The zero-order valence-corrected chi connectivity index (χ0v) is 14.5. The minimum absolute atomic E-state index is 0.359. The summed E-state index contributed by atoms with van der Waals surface area (Å²) < 4.78 is 5.47. The SMILES string of the molecule is Cc1[nH]c2ccc3oc(=O)c(C#C[Si](C)(C)C)cc3c2c1C. The number of aryl methyl sites for hydroxylation is 2. The third-order valence-electron chi connectivity index (χ3n) is 3.75. The first kappa shape index (κ1) is 14.7. The Morgan fingerprint density at radius 3 is 2.59 bits per heavy atom. The number of hydrogen-bond donors (Lipinski definition) is 1. The van der Waals surface area contributed by atoms with Crippen molar-refractivity contribution in [1.29, 1.82) is 0 Å². The smallest absolute Gasteiger partial charge is 0.352 e. The van der Waals surface area contributed by atoms with Gasteiger partial charge in [-0.1, -0.05) is 25.6 Å². The first-order valence-corrected chi connectivity index (χ1v) is 10.9. The Morgan fingerprint density at radius 2 is 1.91 bits per heavy atom. The van der Waals surface area contributed by atoms with Crippen molar-refractivity contribution in [2.75, 3.05) is 0 Å². The van der Waals surface area contributed by atoms with Crippen molar-refractivity contribution in [2.45, 2.75) is 33.5 Å². The summed E-state index contributed by atoms with van der Waals surface area (Å²) in [5.74, 6) is 3.03. The van der Waals surface area contributed by atoms with Gasteiger partial charge in [-0.25, -0.2) is 4.79 Å². The van der Waals surface area contributed by atoms with E-state index in [9.17, 15) is 4.79 Å². The van der Waals surface area contributed by atoms with Crippen LogP contribution < -0.4 is 5.63 Å². The van der Waals surface area contributed by atoms with E-state index in [4.69, 9.17) is 4.42 Å². The lowest BCUT2D eigenvalue weighted by Gasteiger charge is -2.04. The first-order chi connectivity index (χ1) is 10.3. The Kier molecular flexibility index (Phi) is 3.26. The molecule has 2 aromatic heterocycles. The molecule has 22 heavy (non-hydrogen) atoms. The van der Waals surface area contributed by atoms with Crippen LogP contribution in [0, 0.1) is 25.3 Å². The third kappa shape index (κ3) is 2.49. The minimum atomic E-state index is -1.54. The molecular formula is C18H19NO2Si. The average Bonchev–Trinajstić information content (AvgIpc) is 2.71. The van der Waals surface area contributed by atoms with Gasteiger partial charge in [0.25, 0.3) is 0 Å². The summed E-state index contributed by atoms with van der Waals surface area (Å²) in [5.41, 5.74) is 7.29. The fraction of sp³-hybridized carbons (Fsp3) is 0.278. The summed E-state index contributed by atoms with van der Waals surface area (Å²) in [6, 6.07) is 5.66. The fourth-order valence-electron chi connectivity index (χ4n) is 2.52. The average molecular weight is 309 g/mol. The highest BCUT2D eigenvalue weighted by atomic mass is 28.3. The van der Waals surface area contributed by atoms with Gasteiger partial charge in [0.15, 0.2) is 0 Å². The van der Waals surface area contributed by atoms with Crippen LogP contribution in [-0.2, 0) is 0 Å². The molecule has 0 fully saturated rings. The van der Waals surface area contributed by atoms with Crippen molar-refractivity contribution in [3.63, 3.8) is 0 Å². The topological polar surface area (TPSA) is 46.0 Å². The zero-order valence-electron chi connectivity index (χ0n) is 13.5. The van der Waals surface area contributed by atoms with Gasteiger partial charge in [0.2, 0.25) is 0 Å². The van der Waals surface area contributed by atoms with Gasteiger partial charge in [0, 0.05) is 22.0 Å². The van der Waals surface area contributed by atoms with Crippen LogP contribution in [0.15, 0.2) is 27.4 Å². The normalized spacial score (nSPS) is 11.7. The van der Waals surface area contributed by atoms with Crippen molar-refractivity contribution >= 4 is 29.9 Å². The molecule has 4 heteroatoms. The van der Waals surface area contributed by atoms with Gasteiger partial charge in [-0.2, -0.15) is 0 Å². The molecule has 0 saturated carbocycles. The van der Waals surface area contributed by atoms with Gasteiger partial charge in [0.05, 0.1) is 0 Å². The van der Waals surface area contributed by atoms with E-state index in [1.165, 1.54) is 5.56 Å². The van der Waals surface area contributed by atoms with Gasteiger partial charge in [0.1, 0.15) is 19.2 Å². The molecule has 0 aliphatic heterocycles. The molecule has 3 nitrogen and oxygen atoms in total. The van der Waals surface area contributed by atoms with E-state index in [1.54, 1.807) is 0 Å². The lowest BCUT2D eigenvalue weighted by Crippen LogP contribution is -2.17. The number of rotatable bonds is 0. The molecule has 1 N–H and O–H groups in total. The largest absolute Gasteiger partial charge is 0.422 e. The fourth-order valence-corrected chi connectivity index (χ4v) is 3.03. The van der Waals surface area contributed by atoms with E-state index in [-0.39, 0.29) is 5.63 Å². The van der Waals surface area contributed by atoms with Crippen molar-refractivity contribution in [1.82, 2.24) is 4.98 Å². The Balaban J connectivity index is 2.37. The zero-order chi connectivity index (χ0) is 16.1. The van der Waals surface area contributed by atoms with Crippen molar-refractivity contribution in [3.8, 4) is 11.5 Å². The van der Waals surface area contributed by atoms with Gasteiger partial charge in [-0.15, -0.1) is 5.54 Å². The molecule has 0 saturated heterocycles. The van der Waals surface area contributed by atoms with Gasteiger partial charge >= 0.3 is 5.63 Å². The summed E-state index contributed by atoms with van der Waals surface area (Å²) in [5, 5.41) is 2.05. The molecule has 2 heterocycles. The summed E-state index contributed by atoms with van der Waals surface area (Å²) >= 11 is 0. The molecule has 3 rings (SSSR count). The standard InChI is InChI=1S/C18H19NO2Si/c1-11-12(2)19-15-6-7-16-14(17(11)15)10-13(18(20)21-16)8-9-22(3,4)5/h6-7,10,19H,1-5H3. The van der Waals surface area contributed by atoms with E-state index in [0.29, 0.717) is 11.1 Å². The maximum atomic E-state index is 12.1. The summed E-state index contributed by atoms with van der Waals surface area (Å²) in [4.78, 5) is 15.5. The molecule has 0 unspecified atom stereocenters. The molecule has 0 radical (unpaired) electrons. The number of fused-ring (bicyclic) bond motifs is 3. The van der Waals surface area contributed by atoms with Gasteiger partial charge in [-0.3, -0.25) is 0 Å². The van der Waals surface area contributed by atoms with E-state index < -0.39 is 8.07 Å². The second-order valence-electron chi connectivity index (χ2n) is 6.72. The summed E-state index contributed by atoms with van der Waals surface area (Å²) in [6.45, 7) is 10.6. The van der Waals surface area contributed by atoms with Crippen molar-refractivity contribution in [2.24, 2.45) is 0 Å². The van der Waals surface area contributed by atoms with E-state index in [1.807, 2.05) is 25.1 Å². The first-order valence-electron chi connectivity index (χ1n) is 7.35. The predicted molar refractivity (Wildman–Crippen MR) is 94.0 cm³/mol. The Bertz CT molecular complexity index is 1010. The number of H-pyrrole nitrogens is 1. The highest BCUT2D eigenvalue weighted by molar-refractivity contribution is 6.83. The van der Waals surface area contributed by atoms with Crippen molar-refractivity contribution in [3.05, 3.63) is 45.4 Å². The lowest BCUT2D eigenvalue weighted by atomic mass is 10.1. The van der Waals surface area contributed by atoms with Crippen LogP contribution in [0.25, 0.3) is 21.9 Å². The van der Waals surface area contributed by atoms with Gasteiger partial charge < -0.3 is 9.40 Å². The van der Waals surface area contributed by atoms with E-state index in [2.05, 4.69) is 43.0 Å². The molecule has 0 spiro atoms. The maximum Gasteiger partial charge on any atom is 0.352 e. The van der Waals surface area contributed by atoms with Crippen LogP contribution in [-0.4, -0.2) is 13.1 Å². The molecule has 0 bridgehead atoms. The highest BCUT2D eigenvalue weighted by Crippen LogP contribution is 2.29. The Labute approximate surface area is 130 Å². The molecular weight excluding hydrogens is 290 g/mol. The second kappa shape index (κ2) is 4.89. The number of nitrogens with one attached hydrogen (secondary N) is 1. The molecule has 1 aromatic carbocycles. The van der Waals surface area contributed by atoms with Crippen LogP contribution >= 0.6 is 0 Å². The number of hydrogen-bond acceptors (Lipinski definition) is 2. The quantitative estimate of drug-likeness (QED) is 0.386. The Hall–Kier alpha value is -2.25. The predicted octanol–water partition coefficient (Wildman–Crippen LogP) is 4.12. The molecule has 0 aliphatic carbocycles. The van der Waals surface area contributed by atoms with E-state index >= 15 is 0 Å². The third-order valence-corrected chi connectivity index (χ3v) is 4.62. The minimum Gasteiger partial charge on any atom is -0.422 e. The molecule has 0 amide bonds.